The highest BCUT2D eigenvalue weighted by molar-refractivity contribution is 14.0. The second kappa shape index (κ2) is 11.6. The van der Waals surface area contributed by atoms with Crippen molar-refractivity contribution in [2.75, 3.05) is 7.05 Å². The van der Waals surface area contributed by atoms with E-state index >= 15 is 0 Å². The summed E-state index contributed by atoms with van der Waals surface area (Å²) < 4.78 is 0. The number of pyridine rings is 1. The molecule has 1 saturated carbocycles. The van der Waals surface area contributed by atoms with E-state index in [4.69, 9.17) is 0 Å². The smallest absolute Gasteiger partial charge is 0.191 e. The molecule has 23 heavy (non-hydrogen) atoms. The van der Waals surface area contributed by atoms with Crippen molar-refractivity contribution in [2.45, 2.75) is 64.5 Å². The Bertz CT molecular complexity index is 444. The van der Waals surface area contributed by atoms with E-state index in [0.29, 0.717) is 12.6 Å². The highest BCUT2D eigenvalue weighted by atomic mass is 127. The molecule has 4 nitrogen and oxygen atoms in total. The summed E-state index contributed by atoms with van der Waals surface area (Å²) in [4.78, 5) is 8.62. The Morgan fingerprint density at radius 2 is 2.09 bits per heavy atom. The van der Waals surface area contributed by atoms with Gasteiger partial charge in [0, 0.05) is 19.3 Å². The maximum absolute atomic E-state index is 4.32. The zero-order valence-electron chi connectivity index (χ0n) is 14.4. The second-order valence-corrected chi connectivity index (χ2v) is 6.37. The van der Waals surface area contributed by atoms with Gasteiger partial charge in [0.05, 0.1) is 12.2 Å². The Hall–Kier alpha value is -0.850. The van der Waals surface area contributed by atoms with Crippen LogP contribution in [0.4, 0.5) is 0 Å². The highest BCUT2D eigenvalue weighted by Gasteiger charge is 2.14. The molecule has 1 aromatic rings. The van der Waals surface area contributed by atoms with Crippen LogP contribution in [0, 0.1) is 5.92 Å². The van der Waals surface area contributed by atoms with Crippen molar-refractivity contribution in [1.29, 1.82) is 0 Å². The first-order chi connectivity index (χ1) is 10.8. The summed E-state index contributed by atoms with van der Waals surface area (Å²) in [5, 5.41) is 6.82. The molecular formula is C18H31IN4. The van der Waals surface area contributed by atoms with Crippen molar-refractivity contribution < 1.29 is 0 Å². The van der Waals surface area contributed by atoms with Gasteiger partial charge in [0.15, 0.2) is 5.96 Å². The van der Waals surface area contributed by atoms with Gasteiger partial charge in [-0.15, -0.1) is 24.0 Å². The van der Waals surface area contributed by atoms with Crippen LogP contribution in [0.15, 0.2) is 29.4 Å². The first-order valence-corrected chi connectivity index (χ1v) is 8.65. The summed E-state index contributed by atoms with van der Waals surface area (Å²) in [6.07, 6.45) is 11.5. The lowest BCUT2D eigenvalue weighted by molar-refractivity contribution is 0.322. The third-order valence-electron chi connectivity index (χ3n) is 4.50. The fourth-order valence-corrected chi connectivity index (χ4v) is 3.14. The van der Waals surface area contributed by atoms with Crippen molar-refractivity contribution in [3.8, 4) is 0 Å². The lowest BCUT2D eigenvalue weighted by Gasteiger charge is -2.24. The molecule has 5 heteroatoms. The van der Waals surface area contributed by atoms with Crippen LogP contribution in [0.1, 0.15) is 57.6 Å². The van der Waals surface area contributed by atoms with Gasteiger partial charge in [-0.05, 0) is 37.8 Å². The minimum Gasteiger partial charge on any atom is -0.354 e. The molecule has 0 saturated heterocycles. The van der Waals surface area contributed by atoms with Crippen LogP contribution in [0.3, 0.4) is 0 Å². The van der Waals surface area contributed by atoms with Crippen LogP contribution in [-0.4, -0.2) is 24.0 Å². The quantitative estimate of drug-likeness (QED) is 0.406. The molecule has 130 valence electrons. The number of nitrogens with zero attached hydrogens (tertiary/aromatic N) is 2. The van der Waals surface area contributed by atoms with Crippen molar-refractivity contribution in [3.05, 3.63) is 30.1 Å². The summed E-state index contributed by atoms with van der Waals surface area (Å²) in [6.45, 7) is 2.95. The molecule has 2 rings (SSSR count). The van der Waals surface area contributed by atoms with E-state index in [2.05, 4.69) is 27.5 Å². The van der Waals surface area contributed by atoms with Gasteiger partial charge in [-0.2, -0.15) is 0 Å². The molecule has 0 radical (unpaired) electrons. The fraction of sp³-hybridized carbons (Fsp3) is 0.667. The molecule has 1 aromatic heterocycles. The van der Waals surface area contributed by atoms with Crippen molar-refractivity contribution in [1.82, 2.24) is 15.6 Å². The molecule has 0 aromatic carbocycles. The second-order valence-electron chi connectivity index (χ2n) is 6.37. The average Bonchev–Trinajstić information content (AvgIpc) is 2.58. The van der Waals surface area contributed by atoms with E-state index in [9.17, 15) is 0 Å². The summed E-state index contributed by atoms with van der Waals surface area (Å²) in [5.74, 6) is 1.81. The Kier molecular flexibility index (Phi) is 10.2. The van der Waals surface area contributed by atoms with Crippen LogP contribution < -0.4 is 10.6 Å². The van der Waals surface area contributed by atoms with Gasteiger partial charge >= 0.3 is 0 Å². The van der Waals surface area contributed by atoms with Crippen LogP contribution in [0.25, 0.3) is 0 Å². The zero-order chi connectivity index (χ0) is 15.6. The predicted octanol–water partition coefficient (Wildman–Crippen LogP) is 4.11. The molecule has 1 fully saturated rings. The fourth-order valence-electron chi connectivity index (χ4n) is 3.14. The van der Waals surface area contributed by atoms with E-state index in [1.165, 1.54) is 44.9 Å². The topological polar surface area (TPSA) is 49.3 Å². The minimum absolute atomic E-state index is 0. The van der Waals surface area contributed by atoms with Crippen molar-refractivity contribution in [3.63, 3.8) is 0 Å². The summed E-state index contributed by atoms with van der Waals surface area (Å²) in [7, 11) is 1.82. The molecule has 1 unspecified atom stereocenters. The first-order valence-electron chi connectivity index (χ1n) is 8.65. The number of aromatic nitrogens is 1. The first kappa shape index (κ1) is 20.2. The third-order valence-corrected chi connectivity index (χ3v) is 4.50. The monoisotopic (exact) mass is 430 g/mol. The molecule has 0 amide bonds. The highest BCUT2D eigenvalue weighted by Crippen LogP contribution is 2.27. The number of hydrogen-bond acceptors (Lipinski definition) is 2. The molecule has 1 heterocycles. The van der Waals surface area contributed by atoms with E-state index < -0.39 is 0 Å². The molecule has 2 N–H and O–H groups in total. The summed E-state index contributed by atoms with van der Waals surface area (Å²) in [6, 6.07) is 6.42. The maximum Gasteiger partial charge on any atom is 0.191 e. The Balaban J connectivity index is 0.00000264. The minimum atomic E-state index is 0. The Morgan fingerprint density at radius 3 is 2.74 bits per heavy atom. The van der Waals surface area contributed by atoms with E-state index in [-0.39, 0.29) is 24.0 Å². The number of guanidine groups is 1. The predicted molar refractivity (Wildman–Crippen MR) is 108 cm³/mol. The average molecular weight is 430 g/mol. The van der Waals surface area contributed by atoms with Gasteiger partial charge in [0.25, 0.3) is 0 Å². The van der Waals surface area contributed by atoms with Crippen molar-refractivity contribution in [2.24, 2.45) is 10.9 Å². The van der Waals surface area contributed by atoms with Gasteiger partial charge in [0.1, 0.15) is 0 Å². The van der Waals surface area contributed by atoms with E-state index in [1.807, 2.05) is 31.4 Å². The standard InChI is InChI=1S/C18H30N4.HI/c1-15(11-12-16-8-4-3-5-9-16)22-18(19-2)21-14-17-10-6-7-13-20-17;/h6-7,10,13,15-16H,3-5,8-9,11-12,14H2,1-2H3,(H2,19,21,22);1H. The summed E-state index contributed by atoms with van der Waals surface area (Å²) in [5.41, 5.74) is 1.03. The number of hydrogen-bond donors (Lipinski definition) is 2. The number of nitrogens with one attached hydrogen (secondary N) is 2. The molecule has 1 aliphatic carbocycles. The van der Waals surface area contributed by atoms with Crippen LogP contribution in [-0.2, 0) is 6.54 Å². The van der Waals surface area contributed by atoms with Gasteiger partial charge in [-0.3, -0.25) is 9.98 Å². The van der Waals surface area contributed by atoms with Gasteiger partial charge in [0.2, 0.25) is 0 Å². The van der Waals surface area contributed by atoms with Crippen LogP contribution >= 0.6 is 24.0 Å². The lowest BCUT2D eigenvalue weighted by Crippen LogP contribution is -2.42. The molecule has 0 aliphatic heterocycles. The number of halogens is 1. The lowest BCUT2D eigenvalue weighted by atomic mass is 9.85. The molecule has 0 spiro atoms. The van der Waals surface area contributed by atoms with Gasteiger partial charge in [-0.25, -0.2) is 0 Å². The van der Waals surface area contributed by atoms with Gasteiger partial charge in [-0.1, -0.05) is 38.2 Å². The third kappa shape index (κ3) is 7.99. The molecular weight excluding hydrogens is 399 g/mol. The zero-order valence-corrected chi connectivity index (χ0v) is 16.8. The Morgan fingerprint density at radius 1 is 1.30 bits per heavy atom. The summed E-state index contributed by atoms with van der Waals surface area (Å²) >= 11 is 0. The molecule has 1 aliphatic rings. The number of aliphatic imine (C=N–C) groups is 1. The molecule has 1 atom stereocenters. The van der Waals surface area contributed by atoms with Crippen LogP contribution in [0.2, 0.25) is 0 Å². The maximum atomic E-state index is 4.32. The van der Waals surface area contributed by atoms with E-state index in [1.54, 1.807) is 0 Å². The Labute approximate surface area is 158 Å². The normalized spacial score (nSPS) is 17.2. The van der Waals surface area contributed by atoms with Crippen molar-refractivity contribution >= 4 is 29.9 Å². The van der Waals surface area contributed by atoms with E-state index in [0.717, 1.165) is 17.6 Å². The molecule has 0 bridgehead atoms. The largest absolute Gasteiger partial charge is 0.354 e. The SMILES string of the molecule is CN=C(NCc1ccccn1)NC(C)CCC1CCCCC1.I. The van der Waals surface area contributed by atoms with Crippen LogP contribution in [0.5, 0.6) is 0 Å². The number of rotatable bonds is 6. The van der Waals surface area contributed by atoms with Gasteiger partial charge < -0.3 is 10.6 Å².